The maximum Gasteiger partial charge on any atom is 0.325 e. The molecule has 0 atom stereocenters. The van der Waals surface area contributed by atoms with Crippen molar-refractivity contribution < 1.29 is 18.7 Å². The van der Waals surface area contributed by atoms with Crippen molar-refractivity contribution in [3.63, 3.8) is 0 Å². The van der Waals surface area contributed by atoms with Gasteiger partial charge in [-0.3, -0.25) is 9.69 Å². The number of carbonyl (C=O) groups excluding carboxylic acids is 2. The molecule has 9 heteroatoms. The summed E-state index contributed by atoms with van der Waals surface area (Å²) in [5.41, 5.74) is 1.75. The van der Waals surface area contributed by atoms with Gasteiger partial charge in [0.05, 0.1) is 29.6 Å². The number of halogens is 1. The third kappa shape index (κ3) is 3.93. The number of para-hydroxylation sites is 1. The number of aromatic nitrogens is 2. The van der Waals surface area contributed by atoms with Crippen molar-refractivity contribution in [2.24, 2.45) is 0 Å². The van der Waals surface area contributed by atoms with Crippen LogP contribution in [0, 0.1) is 5.82 Å². The number of hydrogen-bond donors (Lipinski definition) is 0. The van der Waals surface area contributed by atoms with Gasteiger partial charge < -0.3 is 14.5 Å². The third-order valence-electron chi connectivity index (χ3n) is 6.05. The Balaban J connectivity index is 1.31. The Hall–Kier alpha value is -3.46. The number of amides is 3. The van der Waals surface area contributed by atoms with Crippen molar-refractivity contribution in [2.75, 3.05) is 37.6 Å². The van der Waals surface area contributed by atoms with Crippen molar-refractivity contribution in [3.8, 4) is 5.69 Å². The highest BCUT2D eigenvalue weighted by molar-refractivity contribution is 6.04. The lowest BCUT2D eigenvalue weighted by Gasteiger charge is -2.40. The smallest absolute Gasteiger partial charge is 0.325 e. The fourth-order valence-electron chi connectivity index (χ4n) is 4.42. The lowest BCUT2D eigenvalue weighted by atomic mass is 10.1. The Morgan fingerprint density at radius 2 is 1.88 bits per heavy atom. The van der Waals surface area contributed by atoms with Gasteiger partial charge in [0.15, 0.2) is 0 Å². The minimum Gasteiger partial charge on any atom is -0.372 e. The molecule has 0 aliphatic carbocycles. The first-order valence-corrected chi connectivity index (χ1v) is 11.1. The molecule has 2 aliphatic rings. The lowest BCUT2D eigenvalue weighted by molar-refractivity contribution is -0.148. The largest absolute Gasteiger partial charge is 0.372 e. The molecule has 0 unspecified atom stereocenters. The molecule has 0 N–H and O–H groups in total. The number of likely N-dealkylation sites (tertiary alicyclic amines) is 1. The summed E-state index contributed by atoms with van der Waals surface area (Å²) in [5, 5.41) is 5.12. The highest BCUT2D eigenvalue weighted by Gasteiger charge is 2.36. The van der Waals surface area contributed by atoms with Gasteiger partial charge in [0.2, 0.25) is 5.91 Å². The van der Waals surface area contributed by atoms with Gasteiger partial charge in [-0.05, 0) is 38.1 Å². The van der Waals surface area contributed by atoms with Crippen molar-refractivity contribution in [3.05, 3.63) is 54.5 Å². The first kappa shape index (κ1) is 21.4. The van der Waals surface area contributed by atoms with E-state index in [0.717, 1.165) is 5.39 Å². The monoisotopic (exact) mass is 451 g/mol. The van der Waals surface area contributed by atoms with Crippen LogP contribution in [0.4, 0.5) is 14.9 Å². The number of rotatable bonds is 6. The molecule has 33 heavy (non-hydrogen) atoms. The Morgan fingerprint density at radius 1 is 1.12 bits per heavy atom. The van der Waals surface area contributed by atoms with E-state index < -0.39 is 0 Å². The predicted molar refractivity (Wildman–Crippen MR) is 122 cm³/mol. The van der Waals surface area contributed by atoms with Crippen LogP contribution in [0.15, 0.2) is 48.7 Å². The van der Waals surface area contributed by atoms with Crippen LogP contribution >= 0.6 is 0 Å². The number of fused-ring (bicyclic) bond motifs is 1. The molecular formula is C24H26FN5O3. The third-order valence-corrected chi connectivity index (χ3v) is 6.05. The molecule has 0 bridgehead atoms. The van der Waals surface area contributed by atoms with Crippen LogP contribution < -0.4 is 4.90 Å². The van der Waals surface area contributed by atoms with Crippen LogP contribution in [0.2, 0.25) is 0 Å². The molecule has 2 aliphatic heterocycles. The van der Waals surface area contributed by atoms with Gasteiger partial charge in [0, 0.05) is 31.6 Å². The molecule has 3 heterocycles. The van der Waals surface area contributed by atoms with E-state index in [4.69, 9.17) is 4.74 Å². The molecule has 0 spiro atoms. The van der Waals surface area contributed by atoms with Crippen LogP contribution in [0.5, 0.6) is 0 Å². The van der Waals surface area contributed by atoms with Crippen LogP contribution in [0.3, 0.4) is 0 Å². The highest BCUT2D eigenvalue weighted by atomic mass is 19.1. The summed E-state index contributed by atoms with van der Waals surface area (Å²) in [6.45, 7) is 6.06. The summed E-state index contributed by atoms with van der Waals surface area (Å²) >= 11 is 0. The Labute approximate surface area is 191 Å². The van der Waals surface area contributed by atoms with E-state index in [1.165, 1.54) is 10.7 Å². The summed E-state index contributed by atoms with van der Waals surface area (Å²) in [4.78, 5) is 30.7. The van der Waals surface area contributed by atoms with E-state index in [9.17, 15) is 14.0 Å². The number of benzene rings is 2. The number of carbonyl (C=O) groups is 2. The van der Waals surface area contributed by atoms with Gasteiger partial charge in [-0.15, -0.1) is 0 Å². The second-order valence-electron chi connectivity index (χ2n) is 8.68. The SMILES string of the molecule is CC(C)OC1CN(C(=O)CN2CCN(c3cccc4c3cnn4-c3ccccc3F)C2=O)C1. The van der Waals surface area contributed by atoms with E-state index in [-0.39, 0.29) is 36.5 Å². The second-order valence-corrected chi connectivity index (χ2v) is 8.68. The van der Waals surface area contributed by atoms with Crippen molar-refractivity contribution in [2.45, 2.75) is 26.1 Å². The fraction of sp³-hybridized carbons (Fsp3) is 0.375. The fourth-order valence-corrected chi connectivity index (χ4v) is 4.42. The highest BCUT2D eigenvalue weighted by Crippen LogP contribution is 2.31. The summed E-state index contributed by atoms with van der Waals surface area (Å²) in [5.74, 6) is -0.443. The molecule has 1 aromatic heterocycles. The Morgan fingerprint density at radius 3 is 2.64 bits per heavy atom. The van der Waals surface area contributed by atoms with Gasteiger partial charge in [-0.25, -0.2) is 13.9 Å². The summed E-state index contributed by atoms with van der Waals surface area (Å²) < 4.78 is 21.6. The van der Waals surface area contributed by atoms with Gasteiger partial charge >= 0.3 is 6.03 Å². The van der Waals surface area contributed by atoms with Gasteiger partial charge in [0.1, 0.15) is 18.0 Å². The number of urea groups is 1. The summed E-state index contributed by atoms with van der Waals surface area (Å²) in [6, 6.07) is 11.7. The summed E-state index contributed by atoms with van der Waals surface area (Å²) in [6.07, 6.45) is 1.85. The number of hydrogen-bond acceptors (Lipinski definition) is 4. The van der Waals surface area contributed by atoms with Crippen LogP contribution in [0.25, 0.3) is 16.6 Å². The molecule has 2 fully saturated rings. The molecule has 172 valence electrons. The minimum atomic E-state index is -0.373. The molecule has 2 saturated heterocycles. The maximum atomic E-state index is 14.3. The molecule has 5 rings (SSSR count). The van der Waals surface area contributed by atoms with Gasteiger partial charge in [-0.2, -0.15) is 5.10 Å². The first-order chi connectivity index (χ1) is 15.9. The van der Waals surface area contributed by atoms with E-state index in [0.29, 0.717) is 43.1 Å². The zero-order valence-corrected chi connectivity index (χ0v) is 18.6. The van der Waals surface area contributed by atoms with Gasteiger partial charge in [0.25, 0.3) is 0 Å². The standard InChI is InChI=1S/C24H26FN5O3/c1-16(2)33-17-13-28(14-17)23(31)15-27-10-11-29(24(27)32)20-8-5-9-21-18(20)12-26-30(21)22-7-4-3-6-19(22)25/h3-9,12,16-17H,10-11,13-15H2,1-2H3. The normalized spacial score (nSPS) is 16.8. The first-order valence-electron chi connectivity index (χ1n) is 11.1. The average Bonchev–Trinajstić information content (AvgIpc) is 3.34. The molecule has 3 aromatic rings. The van der Waals surface area contributed by atoms with Crippen molar-refractivity contribution in [1.29, 1.82) is 0 Å². The molecule has 8 nitrogen and oxygen atoms in total. The average molecular weight is 452 g/mol. The number of ether oxygens (including phenoxy) is 1. The van der Waals surface area contributed by atoms with Crippen molar-refractivity contribution >= 4 is 28.5 Å². The van der Waals surface area contributed by atoms with Crippen LogP contribution in [0.1, 0.15) is 13.8 Å². The zero-order chi connectivity index (χ0) is 23.1. The topological polar surface area (TPSA) is 70.9 Å². The van der Waals surface area contributed by atoms with Crippen LogP contribution in [-0.4, -0.2) is 76.5 Å². The van der Waals surface area contributed by atoms with Gasteiger partial charge in [-0.1, -0.05) is 18.2 Å². The Kier molecular flexibility index (Phi) is 5.49. The van der Waals surface area contributed by atoms with Crippen molar-refractivity contribution in [1.82, 2.24) is 19.6 Å². The number of anilines is 1. The van der Waals surface area contributed by atoms with E-state index in [1.54, 1.807) is 39.1 Å². The lowest BCUT2D eigenvalue weighted by Crippen LogP contribution is -2.57. The van der Waals surface area contributed by atoms with E-state index in [1.807, 2.05) is 32.0 Å². The quantitative estimate of drug-likeness (QED) is 0.578. The minimum absolute atomic E-state index is 0.0498. The molecule has 0 saturated carbocycles. The van der Waals surface area contributed by atoms with E-state index >= 15 is 0 Å². The molecule has 2 aromatic carbocycles. The molecular weight excluding hydrogens is 425 g/mol. The zero-order valence-electron chi connectivity index (χ0n) is 18.6. The molecule has 0 radical (unpaired) electrons. The predicted octanol–water partition coefficient (Wildman–Crippen LogP) is 3.04. The molecule has 3 amide bonds. The summed E-state index contributed by atoms with van der Waals surface area (Å²) in [7, 11) is 0. The van der Waals surface area contributed by atoms with Crippen LogP contribution in [-0.2, 0) is 9.53 Å². The second kappa shape index (κ2) is 8.47. The van der Waals surface area contributed by atoms with E-state index in [2.05, 4.69) is 5.10 Å². The Bertz CT molecular complexity index is 1200. The maximum absolute atomic E-state index is 14.3. The number of nitrogens with zero attached hydrogens (tertiary/aromatic N) is 5.